The summed E-state index contributed by atoms with van der Waals surface area (Å²) in [4.78, 5) is 10.5. The first-order chi connectivity index (χ1) is 4.83. The molecule has 1 unspecified atom stereocenters. The van der Waals surface area contributed by atoms with Crippen LogP contribution in [0, 0.1) is 0 Å². The molecule has 1 amide bonds. The van der Waals surface area contributed by atoms with Crippen molar-refractivity contribution in [1.29, 1.82) is 0 Å². The molecular formula is C7H15NOS. The van der Waals surface area contributed by atoms with E-state index in [9.17, 15) is 4.79 Å². The van der Waals surface area contributed by atoms with E-state index in [-0.39, 0.29) is 5.91 Å². The molecule has 1 rings (SSSR count). The Morgan fingerprint density at radius 3 is 2.40 bits per heavy atom. The summed E-state index contributed by atoms with van der Waals surface area (Å²) in [7, 11) is 0. The lowest BCUT2D eigenvalue weighted by Gasteiger charge is -1.97. The third-order valence-corrected chi connectivity index (χ3v) is 2.27. The van der Waals surface area contributed by atoms with Gasteiger partial charge in [0.05, 0.1) is 0 Å². The molecule has 1 aliphatic heterocycles. The number of carbonyl (C=O) groups is 1. The number of rotatable bonds is 1. The summed E-state index contributed by atoms with van der Waals surface area (Å²) in [6, 6.07) is 0. The fourth-order valence-electron chi connectivity index (χ4n) is 0.745. The zero-order valence-corrected chi connectivity index (χ0v) is 7.62. The van der Waals surface area contributed by atoms with Gasteiger partial charge in [-0.2, -0.15) is 11.8 Å². The highest BCUT2D eigenvalue weighted by Gasteiger charge is 2.19. The van der Waals surface area contributed by atoms with Crippen molar-refractivity contribution in [1.82, 2.24) is 5.32 Å². The first-order valence-electron chi connectivity index (χ1n) is 3.62. The second-order valence-corrected chi connectivity index (χ2v) is 3.00. The predicted molar refractivity (Wildman–Crippen MR) is 46.3 cm³/mol. The minimum Gasteiger partial charge on any atom is -0.355 e. The largest absolute Gasteiger partial charge is 0.355 e. The Balaban J connectivity index is 0.000000371. The highest BCUT2D eigenvalue weighted by Crippen LogP contribution is 2.13. The van der Waals surface area contributed by atoms with Gasteiger partial charge in [-0.3, -0.25) is 4.79 Å². The summed E-state index contributed by atoms with van der Waals surface area (Å²) in [6.07, 6.45) is 2.74. The quantitative estimate of drug-likeness (QED) is 0.627. The molecule has 60 valence electrons. The Kier molecular flexibility index (Phi) is 5.49. The molecule has 0 aromatic rings. The van der Waals surface area contributed by atoms with Gasteiger partial charge in [-0.1, -0.05) is 13.8 Å². The van der Waals surface area contributed by atoms with E-state index in [1.165, 1.54) is 0 Å². The van der Waals surface area contributed by atoms with Gasteiger partial charge in [-0.25, -0.2) is 0 Å². The van der Waals surface area contributed by atoms with E-state index in [4.69, 9.17) is 0 Å². The van der Waals surface area contributed by atoms with Crippen molar-refractivity contribution in [2.75, 3.05) is 12.8 Å². The van der Waals surface area contributed by atoms with Crippen molar-refractivity contribution in [2.45, 2.75) is 25.5 Å². The monoisotopic (exact) mass is 161 g/mol. The molecule has 0 saturated carbocycles. The number of carbonyl (C=O) groups excluding carboxylic acids is 1. The number of nitrogens with one attached hydrogen (secondary N) is 1. The van der Waals surface area contributed by atoms with Gasteiger partial charge in [0.2, 0.25) is 5.91 Å². The Labute approximate surface area is 66.8 Å². The van der Waals surface area contributed by atoms with Crippen LogP contribution in [0.1, 0.15) is 20.3 Å². The van der Waals surface area contributed by atoms with Crippen molar-refractivity contribution >= 4 is 17.7 Å². The lowest BCUT2D eigenvalue weighted by atomic mass is 10.4. The van der Waals surface area contributed by atoms with Crippen molar-refractivity contribution < 1.29 is 4.79 Å². The zero-order valence-electron chi connectivity index (χ0n) is 6.81. The molecule has 1 heterocycles. The number of hydrogen-bond acceptors (Lipinski definition) is 2. The molecule has 0 aromatic carbocycles. The molecular weight excluding hydrogens is 146 g/mol. The van der Waals surface area contributed by atoms with Crippen LogP contribution in [-0.2, 0) is 4.79 Å². The maximum absolute atomic E-state index is 10.5. The lowest BCUT2D eigenvalue weighted by Crippen LogP contribution is -2.14. The van der Waals surface area contributed by atoms with Crippen molar-refractivity contribution in [3.8, 4) is 0 Å². The van der Waals surface area contributed by atoms with Gasteiger partial charge in [0.25, 0.3) is 0 Å². The minimum absolute atomic E-state index is 0.198. The van der Waals surface area contributed by atoms with Crippen molar-refractivity contribution in [3.05, 3.63) is 0 Å². The van der Waals surface area contributed by atoms with Crippen LogP contribution in [-0.4, -0.2) is 24.0 Å². The Morgan fingerprint density at radius 2 is 2.20 bits per heavy atom. The lowest BCUT2D eigenvalue weighted by molar-refractivity contribution is -0.119. The van der Waals surface area contributed by atoms with E-state index in [0.29, 0.717) is 11.7 Å². The van der Waals surface area contributed by atoms with Gasteiger partial charge in [0.15, 0.2) is 0 Å². The highest BCUT2D eigenvalue weighted by atomic mass is 32.2. The molecule has 0 bridgehead atoms. The Bertz CT molecular complexity index is 106. The van der Waals surface area contributed by atoms with E-state index in [1.54, 1.807) is 11.8 Å². The molecule has 2 nitrogen and oxygen atoms in total. The van der Waals surface area contributed by atoms with E-state index in [1.807, 2.05) is 20.1 Å². The fraction of sp³-hybridized carbons (Fsp3) is 0.857. The van der Waals surface area contributed by atoms with Gasteiger partial charge in [-0.15, -0.1) is 0 Å². The maximum atomic E-state index is 10.5. The standard InChI is InChI=1S/C5H9NOS.C2H6/c1-8-4-2-5(7)6-3-4;1-2/h4H,2-3H2,1H3,(H,6,7);1-2H3. The van der Waals surface area contributed by atoms with Crippen LogP contribution < -0.4 is 5.32 Å². The van der Waals surface area contributed by atoms with Gasteiger partial charge >= 0.3 is 0 Å². The summed E-state index contributed by atoms with van der Waals surface area (Å²) in [5.74, 6) is 0.198. The van der Waals surface area contributed by atoms with E-state index >= 15 is 0 Å². The fourth-order valence-corrected chi connectivity index (χ4v) is 1.31. The van der Waals surface area contributed by atoms with Gasteiger partial charge in [-0.05, 0) is 6.26 Å². The number of hydrogen-bond donors (Lipinski definition) is 1. The summed E-state index contributed by atoms with van der Waals surface area (Å²) in [6.45, 7) is 4.86. The smallest absolute Gasteiger partial charge is 0.221 e. The van der Waals surface area contributed by atoms with Crippen molar-refractivity contribution in [3.63, 3.8) is 0 Å². The number of thioether (sulfide) groups is 1. The zero-order chi connectivity index (χ0) is 7.98. The van der Waals surface area contributed by atoms with E-state index in [2.05, 4.69) is 5.32 Å². The maximum Gasteiger partial charge on any atom is 0.221 e. The first-order valence-corrected chi connectivity index (χ1v) is 4.91. The SMILES string of the molecule is CC.CSC1CNC(=O)C1. The number of amides is 1. The molecule has 1 aliphatic rings. The van der Waals surface area contributed by atoms with Crippen LogP contribution in [0.25, 0.3) is 0 Å². The summed E-state index contributed by atoms with van der Waals surface area (Å²) >= 11 is 1.75. The third-order valence-electron chi connectivity index (χ3n) is 1.27. The first kappa shape index (κ1) is 9.82. The average Bonchev–Trinajstić information content (AvgIpc) is 2.40. The molecule has 1 saturated heterocycles. The topological polar surface area (TPSA) is 29.1 Å². The molecule has 1 atom stereocenters. The minimum atomic E-state index is 0.198. The average molecular weight is 161 g/mol. The van der Waals surface area contributed by atoms with E-state index < -0.39 is 0 Å². The Morgan fingerprint density at radius 1 is 1.60 bits per heavy atom. The van der Waals surface area contributed by atoms with E-state index in [0.717, 1.165) is 6.54 Å². The molecule has 0 radical (unpaired) electrons. The van der Waals surface area contributed by atoms with Crippen LogP contribution in [0.2, 0.25) is 0 Å². The van der Waals surface area contributed by atoms with Gasteiger partial charge in [0.1, 0.15) is 0 Å². The van der Waals surface area contributed by atoms with Crippen LogP contribution in [0.4, 0.5) is 0 Å². The van der Waals surface area contributed by atoms with Crippen LogP contribution >= 0.6 is 11.8 Å². The summed E-state index contributed by atoms with van der Waals surface area (Å²) in [5, 5.41) is 3.29. The predicted octanol–water partition coefficient (Wildman–Crippen LogP) is 1.26. The molecule has 3 heteroatoms. The van der Waals surface area contributed by atoms with Gasteiger partial charge < -0.3 is 5.32 Å². The molecule has 1 N–H and O–H groups in total. The molecule has 0 spiro atoms. The summed E-state index contributed by atoms with van der Waals surface area (Å²) < 4.78 is 0. The van der Waals surface area contributed by atoms with Crippen LogP contribution in [0.5, 0.6) is 0 Å². The van der Waals surface area contributed by atoms with Crippen LogP contribution in [0.15, 0.2) is 0 Å². The normalized spacial score (nSPS) is 23.1. The second-order valence-electron chi connectivity index (χ2n) is 1.87. The Hall–Kier alpha value is -0.180. The van der Waals surface area contributed by atoms with Crippen molar-refractivity contribution in [2.24, 2.45) is 0 Å². The van der Waals surface area contributed by atoms with Crippen LogP contribution in [0.3, 0.4) is 0 Å². The summed E-state index contributed by atoms with van der Waals surface area (Å²) in [5.41, 5.74) is 0. The third kappa shape index (κ3) is 3.11. The second kappa shape index (κ2) is 5.59. The highest BCUT2D eigenvalue weighted by molar-refractivity contribution is 7.99. The van der Waals surface area contributed by atoms with Gasteiger partial charge in [0, 0.05) is 18.2 Å². The molecule has 0 aromatic heterocycles. The molecule has 10 heavy (non-hydrogen) atoms. The molecule has 1 fully saturated rings. The molecule has 0 aliphatic carbocycles.